The van der Waals surface area contributed by atoms with Crippen LogP contribution in [0.4, 0.5) is 0 Å². The Hall–Kier alpha value is -4.30. The van der Waals surface area contributed by atoms with Crippen LogP contribution in [0.2, 0.25) is 0 Å². The maximum atomic E-state index is 13.2. The number of aryl methyl sites for hydroxylation is 1. The van der Waals surface area contributed by atoms with E-state index >= 15 is 0 Å². The van der Waals surface area contributed by atoms with Crippen LogP contribution in [-0.4, -0.2) is 37.2 Å². The van der Waals surface area contributed by atoms with Crippen molar-refractivity contribution in [2.45, 2.75) is 45.9 Å². The lowest BCUT2D eigenvalue weighted by Gasteiger charge is -2.30. The van der Waals surface area contributed by atoms with Gasteiger partial charge in [0, 0.05) is 29.7 Å². The number of methoxy groups -OCH3 is 1. The molecule has 8 heteroatoms. The molecule has 0 radical (unpaired) electrons. The third-order valence-corrected chi connectivity index (χ3v) is 6.88. The van der Waals surface area contributed by atoms with E-state index in [-0.39, 0.29) is 11.6 Å². The second kappa shape index (κ2) is 11.4. The highest BCUT2D eigenvalue weighted by Crippen LogP contribution is 2.29. The quantitative estimate of drug-likeness (QED) is 0.285. The number of benzene rings is 3. The molecule has 0 unspecified atom stereocenters. The van der Waals surface area contributed by atoms with Gasteiger partial charge in [-0.25, -0.2) is 4.68 Å². The number of hydrogen-bond donors (Lipinski definition) is 1. The summed E-state index contributed by atoms with van der Waals surface area (Å²) in [4.78, 5) is 18.5. The van der Waals surface area contributed by atoms with Crippen LogP contribution in [0, 0.1) is 6.92 Å². The van der Waals surface area contributed by atoms with Crippen LogP contribution in [0.15, 0.2) is 83.7 Å². The molecule has 0 saturated carbocycles. The summed E-state index contributed by atoms with van der Waals surface area (Å²) in [5, 5.41) is 13.8. The number of pyridine rings is 1. The largest absolute Gasteiger partial charge is 0.496 e. The molecule has 0 aliphatic rings. The number of aromatic nitrogens is 5. The number of nitrogens with zero attached hydrogens (tertiary/aromatic N) is 5. The standard InChI is InChI=1S/C30H32N6O2/c1-4-27(29-32-33-34-36(29)18-22-10-6-5-7-11-22)35(19-23-12-8-9-13-28(23)38-3)20-25-17-24-16-21(2)14-15-26(24)31-30(25)37/h5-17,27H,4,18-20H2,1-3H3,(H,31,37)/t27-/m1/s1. The van der Waals surface area contributed by atoms with Gasteiger partial charge in [-0.3, -0.25) is 9.69 Å². The molecule has 0 aliphatic heterocycles. The Balaban J connectivity index is 1.55. The summed E-state index contributed by atoms with van der Waals surface area (Å²) < 4.78 is 7.51. The molecule has 1 N–H and O–H groups in total. The molecule has 0 fully saturated rings. The molecule has 2 aromatic heterocycles. The smallest absolute Gasteiger partial charge is 0.252 e. The fourth-order valence-electron chi connectivity index (χ4n) is 4.96. The van der Waals surface area contributed by atoms with Crippen LogP contribution >= 0.6 is 0 Å². The highest BCUT2D eigenvalue weighted by Gasteiger charge is 2.27. The first-order valence-electron chi connectivity index (χ1n) is 12.8. The predicted octanol–water partition coefficient (Wildman–Crippen LogP) is 5.03. The summed E-state index contributed by atoms with van der Waals surface area (Å²) in [7, 11) is 1.68. The molecule has 8 nitrogen and oxygen atoms in total. The lowest BCUT2D eigenvalue weighted by molar-refractivity contribution is 0.159. The molecule has 38 heavy (non-hydrogen) atoms. The molecule has 0 aliphatic carbocycles. The number of rotatable bonds is 10. The van der Waals surface area contributed by atoms with E-state index in [9.17, 15) is 4.79 Å². The van der Waals surface area contributed by atoms with Crippen LogP contribution in [0.5, 0.6) is 5.75 Å². The maximum absolute atomic E-state index is 13.2. The number of fused-ring (bicyclic) bond motifs is 1. The Morgan fingerprint density at radius 1 is 0.974 bits per heavy atom. The van der Waals surface area contributed by atoms with Gasteiger partial charge in [0.25, 0.3) is 5.56 Å². The van der Waals surface area contributed by atoms with Crippen molar-refractivity contribution in [1.29, 1.82) is 0 Å². The second-order valence-corrected chi connectivity index (χ2v) is 9.54. The van der Waals surface area contributed by atoms with E-state index in [0.717, 1.165) is 45.6 Å². The van der Waals surface area contributed by atoms with Crippen molar-refractivity contribution in [2.75, 3.05) is 7.11 Å². The minimum atomic E-state index is -0.133. The van der Waals surface area contributed by atoms with E-state index in [1.54, 1.807) is 7.11 Å². The average Bonchev–Trinajstić information content (AvgIpc) is 3.38. The minimum Gasteiger partial charge on any atom is -0.496 e. The Labute approximate surface area is 221 Å². The Morgan fingerprint density at radius 3 is 2.53 bits per heavy atom. The summed E-state index contributed by atoms with van der Waals surface area (Å²) >= 11 is 0. The fourth-order valence-corrected chi connectivity index (χ4v) is 4.96. The Kier molecular flexibility index (Phi) is 7.60. The third kappa shape index (κ3) is 5.50. The molecule has 0 amide bonds. The van der Waals surface area contributed by atoms with Crippen LogP contribution in [-0.2, 0) is 19.6 Å². The van der Waals surface area contributed by atoms with Crippen molar-refractivity contribution in [3.05, 3.63) is 117 Å². The molecule has 1 atom stereocenters. The van der Waals surface area contributed by atoms with Gasteiger partial charge in [0.05, 0.1) is 19.7 Å². The second-order valence-electron chi connectivity index (χ2n) is 9.54. The molecule has 0 spiro atoms. The van der Waals surface area contributed by atoms with E-state index in [4.69, 9.17) is 4.74 Å². The number of nitrogens with one attached hydrogen (secondary N) is 1. The minimum absolute atomic E-state index is 0.0925. The first-order chi connectivity index (χ1) is 18.6. The summed E-state index contributed by atoms with van der Waals surface area (Å²) in [5.74, 6) is 1.57. The SMILES string of the molecule is CC[C@H](c1nnnn1Cc1ccccc1)N(Cc1ccccc1OC)Cc1cc2cc(C)ccc2[nH]c1=O. The molecule has 5 rings (SSSR count). The average molecular weight is 509 g/mol. The Morgan fingerprint density at radius 2 is 1.74 bits per heavy atom. The van der Waals surface area contributed by atoms with Gasteiger partial charge in [-0.2, -0.15) is 0 Å². The highest BCUT2D eigenvalue weighted by molar-refractivity contribution is 5.79. The first kappa shape index (κ1) is 25.4. The van der Waals surface area contributed by atoms with Crippen LogP contribution in [0.1, 0.15) is 47.5 Å². The fraction of sp³-hybridized carbons (Fsp3) is 0.267. The summed E-state index contributed by atoms with van der Waals surface area (Å²) in [6, 6.07) is 26.0. The summed E-state index contributed by atoms with van der Waals surface area (Å²) in [6.45, 7) is 5.73. The van der Waals surface area contributed by atoms with Gasteiger partial charge in [-0.05, 0) is 59.0 Å². The maximum Gasteiger partial charge on any atom is 0.252 e. The lowest BCUT2D eigenvalue weighted by Crippen LogP contribution is -2.32. The van der Waals surface area contributed by atoms with Crippen molar-refractivity contribution in [2.24, 2.45) is 0 Å². The van der Waals surface area contributed by atoms with Gasteiger partial charge >= 0.3 is 0 Å². The molecular formula is C30H32N6O2. The van der Waals surface area contributed by atoms with Gasteiger partial charge in [-0.1, -0.05) is 67.1 Å². The molecule has 0 bridgehead atoms. The number of aromatic amines is 1. The number of hydrogen-bond acceptors (Lipinski definition) is 6. The van der Waals surface area contributed by atoms with Crippen LogP contribution in [0.25, 0.3) is 10.9 Å². The van der Waals surface area contributed by atoms with E-state index in [1.165, 1.54) is 0 Å². The topological polar surface area (TPSA) is 88.9 Å². The van der Waals surface area contributed by atoms with E-state index in [2.05, 4.69) is 63.5 Å². The molecule has 0 saturated heterocycles. The van der Waals surface area contributed by atoms with E-state index in [1.807, 2.05) is 59.3 Å². The molecular weight excluding hydrogens is 476 g/mol. The lowest BCUT2D eigenvalue weighted by atomic mass is 10.1. The van der Waals surface area contributed by atoms with Crippen molar-refractivity contribution in [3.8, 4) is 5.75 Å². The number of H-pyrrole nitrogens is 1. The van der Waals surface area contributed by atoms with E-state index < -0.39 is 0 Å². The zero-order valence-corrected chi connectivity index (χ0v) is 22.0. The van der Waals surface area contributed by atoms with Crippen molar-refractivity contribution < 1.29 is 4.74 Å². The van der Waals surface area contributed by atoms with Crippen LogP contribution in [0.3, 0.4) is 0 Å². The molecule has 5 aromatic rings. The van der Waals surface area contributed by atoms with Gasteiger partial charge in [-0.15, -0.1) is 5.10 Å². The van der Waals surface area contributed by atoms with Crippen molar-refractivity contribution in [3.63, 3.8) is 0 Å². The number of tetrazole rings is 1. The first-order valence-corrected chi connectivity index (χ1v) is 12.8. The summed E-state index contributed by atoms with van der Waals surface area (Å²) in [6.07, 6.45) is 0.759. The van der Waals surface area contributed by atoms with Gasteiger partial charge in [0.15, 0.2) is 5.82 Å². The Bertz CT molecular complexity index is 1580. The third-order valence-electron chi connectivity index (χ3n) is 6.88. The van der Waals surface area contributed by atoms with Gasteiger partial charge < -0.3 is 9.72 Å². The van der Waals surface area contributed by atoms with Crippen LogP contribution < -0.4 is 10.3 Å². The number of ether oxygens (including phenoxy) is 1. The number of para-hydroxylation sites is 1. The highest BCUT2D eigenvalue weighted by atomic mass is 16.5. The molecule has 2 heterocycles. The van der Waals surface area contributed by atoms with Crippen molar-refractivity contribution >= 4 is 10.9 Å². The van der Waals surface area contributed by atoms with Gasteiger partial charge in [0.2, 0.25) is 0 Å². The molecule has 194 valence electrons. The zero-order valence-electron chi connectivity index (χ0n) is 22.0. The van der Waals surface area contributed by atoms with Crippen molar-refractivity contribution in [1.82, 2.24) is 30.1 Å². The zero-order chi connectivity index (χ0) is 26.5. The summed E-state index contributed by atoms with van der Waals surface area (Å²) in [5.41, 5.74) is 4.73. The monoisotopic (exact) mass is 508 g/mol. The predicted molar refractivity (Wildman–Crippen MR) is 148 cm³/mol. The van der Waals surface area contributed by atoms with Gasteiger partial charge in [0.1, 0.15) is 5.75 Å². The molecule has 3 aromatic carbocycles. The van der Waals surface area contributed by atoms with E-state index in [0.29, 0.717) is 25.2 Å². The normalized spacial score (nSPS) is 12.2.